The number of halogens is 2. The van der Waals surface area contributed by atoms with Gasteiger partial charge < -0.3 is 10.4 Å². The quantitative estimate of drug-likeness (QED) is 0.824. The fraction of sp³-hybridized carbons (Fsp3) is 0.545. The maximum Gasteiger partial charge on any atom is 0.261 e. The predicted molar refractivity (Wildman–Crippen MR) is 75.4 cm³/mol. The molecule has 17 heavy (non-hydrogen) atoms. The van der Waals surface area contributed by atoms with Gasteiger partial charge in [0.1, 0.15) is 0 Å². The number of carbonyl (C=O) groups excluding carboxylic acids is 1. The fourth-order valence-electron chi connectivity index (χ4n) is 1.94. The molecule has 0 spiro atoms. The van der Waals surface area contributed by atoms with Gasteiger partial charge in [0.25, 0.3) is 5.91 Å². The van der Waals surface area contributed by atoms with Crippen molar-refractivity contribution in [3.05, 3.63) is 19.2 Å². The largest absolute Gasteiger partial charge is 0.393 e. The number of rotatable bonds is 2. The second-order valence-corrected chi connectivity index (χ2v) is 7.44. The predicted octanol–water partition coefficient (Wildman–Crippen LogP) is 3.31. The Morgan fingerprint density at radius 3 is 2.53 bits per heavy atom. The summed E-state index contributed by atoms with van der Waals surface area (Å²) in [5.74, 6) is -0.0252. The van der Waals surface area contributed by atoms with Crippen LogP contribution in [-0.4, -0.2) is 23.2 Å². The van der Waals surface area contributed by atoms with Crippen LogP contribution in [0.4, 0.5) is 0 Å². The summed E-state index contributed by atoms with van der Waals surface area (Å²) in [7, 11) is 0. The van der Waals surface area contributed by atoms with Gasteiger partial charge in [-0.1, -0.05) is 0 Å². The molecule has 0 aliphatic heterocycles. The van der Waals surface area contributed by atoms with Crippen LogP contribution in [0.25, 0.3) is 0 Å². The molecule has 3 nitrogen and oxygen atoms in total. The van der Waals surface area contributed by atoms with E-state index in [0.29, 0.717) is 4.88 Å². The first-order valence-electron chi connectivity index (χ1n) is 5.50. The molecule has 94 valence electrons. The molecule has 2 rings (SSSR count). The van der Waals surface area contributed by atoms with Gasteiger partial charge in [-0.2, -0.15) is 0 Å². The minimum atomic E-state index is -0.187. The number of amides is 1. The Kier molecular flexibility index (Phi) is 4.63. The molecule has 0 saturated heterocycles. The molecule has 1 aromatic rings. The van der Waals surface area contributed by atoms with Crippen molar-refractivity contribution in [1.82, 2.24) is 5.32 Å². The summed E-state index contributed by atoms with van der Waals surface area (Å²) in [6.07, 6.45) is 3.10. The van der Waals surface area contributed by atoms with Crippen molar-refractivity contribution >= 4 is 49.1 Å². The number of aliphatic hydroxyl groups is 1. The normalized spacial score (nSPS) is 24.6. The number of nitrogens with one attached hydrogen (secondary N) is 1. The van der Waals surface area contributed by atoms with E-state index in [9.17, 15) is 9.90 Å². The summed E-state index contributed by atoms with van der Waals surface area (Å²) in [5, 5.41) is 12.4. The molecule has 1 aromatic heterocycles. The van der Waals surface area contributed by atoms with Crippen LogP contribution < -0.4 is 5.32 Å². The molecule has 6 heteroatoms. The van der Waals surface area contributed by atoms with Gasteiger partial charge in [0.05, 0.1) is 14.8 Å². The van der Waals surface area contributed by atoms with Crippen LogP contribution in [0.5, 0.6) is 0 Å². The van der Waals surface area contributed by atoms with Crippen LogP contribution >= 0.6 is 43.2 Å². The van der Waals surface area contributed by atoms with E-state index >= 15 is 0 Å². The van der Waals surface area contributed by atoms with Gasteiger partial charge in [-0.05, 0) is 63.6 Å². The standard InChI is InChI=1S/C11H13Br2NO2S/c12-8-5-9(17-10(8)13)11(16)14-6-1-3-7(15)4-2-6/h5-7,15H,1-4H2,(H,14,16). The third-order valence-electron chi connectivity index (χ3n) is 2.90. The van der Waals surface area contributed by atoms with Crippen LogP contribution in [0, 0.1) is 0 Å². The summed E-state index contributed by atoms with van der Waals surface area (Å²) < 4.78 is 1.84. The molecular formula is C11H13Br2NO2S. The van der Waals surface area contributed by atoms with Gasteiger partial charge in [0, 0.05) is 10.5 Å². The number of hydrogen-bond acceptors (Lipinski definition) is 3. The van der Waals surface area contributed by atoms with E-state index in [4.69, 9.17) is 0 Å². The van der Waals surface area contributed by atoms with E-state index < -0.39 is 0 Å². The summed E-state index contributed by atoms with van der Waals surface area (Å²) in [6.45, 7) is 0. The van der Waals surface area contributed by atoms with E-state index in [1.165, 1.54) is 11.3 Å². The lowest BCUT2D eigenvalue weighted by molar-refractivity contribution is 0.0871. The first-order chi connectivity index (χ1) is 8.06. The Morgan fingerprint density at radius 2 is 2.00 bits per heavy atom. The monoisotopic (exact) mass is 381 g/mol. The van der Waals surface area contributed by atoms with Crippen molar-refractivity contribution in [1.29, 1.82) is 0 Å². The van der Waals surface area contributed by atoms with Crippen molar-refractivity contribution in [2.45, 2.75) is 37.8 Å². The van der Waals surface area contributed by atoms with Gasteiger partial charge in [0.2, 0.25) is 0 Å². The van der Waals surface area contributed by atoms with Gasteiger partial charge in [-0.15, -0.1) is 11.3 Å². The second-order valence-electron chi connectivity index (χ2n) is 4.21. The van der Waals surface area contributed by atoms with Gasteiger partial charge in [0.15, 0.2) is 0 Å². The number of thiophene rings is 1. The highest BCUT2D eigenvalue weighted by Crippen LogP contribution is 2.32. The number of aliphatic hydroxyl groups excluding tert-OH is 1. The SMILES string of the molecule is O=C(NC1CCC(O)CC1)c1cc(Br)c(Br)s1. The molecule has 1 heterocycles. The zero-order valence-electron chi connectivity index (χ0n) is 9.08. The van der Waals surface area contributed by atoms with E-state index in [0.717, 1.165) is 33.9 Å². The molecule has 1 aliphatic rings. The lowest BCUT2D eigenvalue weighted by Gasteiger charge is -2.25. The molecule has 1 fully saturated rings. The average Bonchev–Trinajstić information content (AvgIpc) is 2.63. The smallest absolute Gasteiger partial charge is 0.261 e. The van der Waals surface area contributed by atoms with Crippen LogP contribution in [0.1, 0.15) is 35.4 Å². The summed E-state index contributed by atoms with van der Waals surface area (Å²) >= 11 is 8.16. The lowest BCUT2D eigenvalue weighted by Crippen LogP contribution is -2.38. The van der Waals surface area contributed by atoms with Crippen molar-refractivity contribution in [3.8, 4) is 0 Å². The summed E-state index contributed by atoms with van der Waals surface area (Å²) in [4.78, 5) is 12.7. The minimum absolute atomic E-state index is 0.0252. The van der Waals surface area contributed by atoms with Crippen LogP contribution in [0.3, 0.4) is 0 Å². The summed E-state index contributed by atoms with van der Waals surface area (Å²) in [6, 6.07) is 2.02. The van der Waals surface area contributed by atoms with E-state index in [1.54, 1.807) is 0 Å². The zero-order chi connectivity index (χ0) is 12.4. The Labute approximate surface area is 121 Å². The topological polar surface area (TPSA) is 49.3 Å². The Morgan fingerprint density at radius 1 is 1.35 bits per heavy atom. The molecule has 0 unspecified atom stereocenters. The lowest BCUT2D eigenvalue weighted by atomic mass is 9.93. The van der Waals surface area contributed by atoms with Gasteiger partial charge in [-0.3, -0.25) is 4.79 Å². The van der Waals surface area contributed by atoms with Gasteiger partial charge >= 0.3 is 0 Å². The molecule has 0 aromatic carbocycles. The van der Waals surface area contributed by atoms with E-state index in [2.05, 4.69) is 37.2 Å². The first-order valence-corrected chi connectivity index (χ1v) is 7.90. The van der Waals surface area contributed by atoms with E-state index in [-0.39, 0.29) is 18.1 Å². The molecule has 0 atom stereocenters. The summed E-state index contributed by atoms with van der Waals surface area (Å²) in [5.41, 5.74) is 0. The zero-order valence-corrected chi connectivity index (χ0v) is 13.1. The molecule has 2 N–H and O–H groups in total. The third kappa shape index (κ3) is 3.53. The number of hydrogen-bond donors (Lipinski definition) is 2. The van der Waals surface area contributed by atoms with Crippen molar-refractivity contribution in [2.75, 3.05) is 0 Å². The maximum absolute atomic E-state index is 12.0. The Bertz CT molecular complexity index is 394. The highest BCUT2D eigenvalue weighted by Gasteiger charge is 2.22. The molecule has 0 radical (unpaired) electrons. The van der Waals surface area contributed by atoms with Crippen molar-refractivity contribution in [2.24, 2.45) is 0 Å². The molecule has 1 saturated carbocycles. The molecule has 1 amide bonds. The minimum Gasteiger partial charge on any atom is -0.393 e. The highest BCUT2D eigenvalue weighted by molar-refractivity contribution is 9.13. The average molecular weight is 383 g/mol. The van der Waals surface area contributed by atoms with Crippen LogP contribution in [-0.2, 0) is 0 Å². The first kappa shape index (κ1) is 13.5. The Balaban J connectivity index is 1.93. The molecule has 0 bridgehead atoms. The third-order valence-corrected chi connectivity index (χ3v) is 6.16. The van der Waals surface area contributed by atoms with E-state index in [1.807, 2.05) is 6.07 Å². The highest BCUT2D eigenvalue weighted by atomic mass is 79.9. The second kappa shape index (κ2) is 5.82. The molecular weight excluding hydrogens is 370 g/mol. The van der Waals surface area contributed by atoms with Crippen molar-refractivity contribution in [3.63, 3.8) is 0 Å². The van der Waals surface area contributed by atoms with Crippen LogP contribution in [0.15, 0.2) is 14.3 Å². The number of carbonyl (C=O) groups is 1. The van der Waals surface area contributed by atoms with Gasteiger partial charge in [-0.25, -0.2) is 0 Å². The fourth-order valence-corrected chi connectivity index (χ4v) is 3.87. The maximum atomic E-state index is 12.0. The molecule has 1 aliphatic carbocycles. The Hall–Kier alpha value is 0.0900. The van der Waals surface area contributed by atoms with Crippen molar-refractivity contribution < 1.29 is 9.90 Å². The van der Waals surface area contributed by atoms with Crippen LogP contribution in [0.2, 0.25) is 0 Å².